The SMILES string of the molecule is CCOC(=O)/C(N=Nc1ccc(O)cc1)=C(/C)O. The second-order valence-electron chi connectivity index (χ2n) is 3.37. The van der Waals surface area contributed by atoms with Crippen LogP contribution in [-0.2, 0) is 9.53 Å². The van der Waals surface area contributed by atoms with Crippen LogP contribution in [0.2, 0.25) is 0 Å². The fourth-order valence-electron chi connectivity index (χ4n) is 1.09. The number of carbonyl (C=O) groups excluding carboxylic acids is 1. The zero-order valence-corrected chi connectivity index (χ0v) is 10.1. The van der Waals surface area contributed by atoms with Crippen LogP contribution in [0.4, 0.5) is 5.69 Å². The molecule has 0 aliphatic rings. The first-order valence-corrected chi connectivity index (χ1v) is 5.32. The predicted octanol–water partition coefficient (Wildman–Crippen LogP) is 2.83. The molecule has 0 bridgehead atoms. The number of carbonyl (C=O) groups is 1. The molecule has 0 unspecified atom stereocenters. The van der Waals surface area contributed by atoms with Gasteiger partial charge in [-0.25, -0.2) is 4.79 Å². The number of ether oxygens (including phenoxy) is 1. The van der Waals surface area contributed by atoms with E-state index in [0.29, 0.717) is 5.69 Å². The molecular formula is C12H14N2O4. The van der Waals surface area contributed by atoms with E-state index >= 15 is 0 Å². The van der Waals surface area contributed by atoms with Crippen LogP contribution in [-0.4, -0.2) is 22.8 Å². The van der Waals surface area contributed by atoms with Crippen LogP contribution in [0, 0.1) is 0 Å². The van der Waals surface area contributed by atoms with Gasteiger partial charge in [-0.1, -0.05) is 0 Å². The molecule has 0 amide bonds. The van der Waals surface area contributed by atoms with Crippen molar-refractivity contribution in [1.29, 1.82) is 0 Å². The van der Waals surface area contributed by atoms with Crippen molar-refractivity contribution >= 4 is 11.7 Å². The Morgan fingerprint density at radius 1 is 1.33 bits per heavy atom. The summed E-state index contributed by atoms with van der Waals surface area (Å²) in [5.74, 6) is -0.899. The third-order valence-electron chi connectivity index (χ3n) is 1.93. The van der Waals surface area contributed by atoms with Gasteiger partial charge in [-0.2, -0.15) is 5.11 Å². The quantitative estimate of drug-likeness (QED) is 0.372. The largest absolute Gasteiger partial charge is 0.510 e. The first-order valence-electron chi connectivity index (χ1n) is 5.32. The number of hydrogen-bond donors (Lipinski definition) is 2. The van der Waals surface area contributed by atoms with Crippen molar-refractivity contribution in [3.63, 3.8) is 0 Å². The van der Waals surface area contributed by atoms with Gasteiger partial charge in [0.15, 0.2) is 0 Å². The number of aliphatic hydroxyl groups is 1. The van der Waals surface area contributed by atoms with Crippen molar-refractivity contribution in [3.05, 3.63) is 35.7 Å². The molecule has 96 valence electrons. The summed E-state index contributed by atoms with van der Waals surface area (Å²) in [6.45, 7) is 3.16. The van der Waals surface area contributed by atoms with E-state index < -0.39 is 5.97 Å². The van der Waals surface area contributed by atoms with Crippen LogP contribution < -0.4 is 0 Å². The molecule has 0 spiro atoms. The van der Waals surface area contributed by atoms with Crippen molar-refractivity contribution in [1.82, 2.24) is 0 Å². The number of phenolic OH excluding ortho intramolecular Hbond substituents is 1. The number of phenols is 1. The summed E-state index contributed by atoms with van der Waals surface area (Å²) in [5.41, 5.74) is 0.195. The lowest BCUT2D eigenvalue weighted by atomic mass is 10.3. The number of nitrogens with zero attached hydrogens (tertiary/aromatic N) is 2. The monoisotopic (exact) mass is 250 g/mol. The fourth-order valence-corrected chi connectivity index (χ4v) is 1.09. The second-order valence-corrected chi connectivity index (χ2v) is 3.37. The van der Waals surface area contributed by atoms with Crippen LogP contribution in [0.15, 0.2) is 46.0 Å². The number of benzene rings is 1. The van der Waals surface area contributed by atoms with Gasteiger partial charge in [-0.05, 0) is 38.1 Å². The van der Waals surface area contributed by atoms with E-state index in [-0.39, 0.29) is 23.8 Å². The molecule has 2 N–H and O–H groups in total. The highest BCUT2D eigenvalue weighted by atomic mass is 16.5. The normalized spacial score (nSPS) is 12.3. The lowest BCUT2D eigenvalue weighted by molar-refractivity contribution is -0.138. The maximum atomic E-state index is 11.4. The van der Waals surface area contributed by atoms with Crippen molar-refractivity contribution in [2.75, 3.05) is 6.61 Å². The first kappa shape index (κ1) is 13.7. The first-order chi connectivity index (χ1) is 8.54. The number of aliphatic hydroxyl groups excluding tert-OH is 1. The Morgan fingerprint density at radius 2 is 1.94 bits per heavy atom. The minimum Gasteiger partial charge on any atom is -0.510 e. The molecule has 0 saturated heterocycles. The Morgan fingerprint density at radius 3 is 2.44 bits per heavy atom. The van der Waals surface area contributed by atoms with Gasteiger partial charge >= 0.3 is 5.97 Å². The van der Waals surface area contributed by atoms with E-state index in [4.69, 9.17) is 9.84 Å². The van der Waals surface area contributed by atoms with Crippen LogP contribution >= 0.6 is 0 Å². The van der Waals surface area contributed by atoms with E-state index in [1.165, 1.54) is 31.2 Å². The minimum absolute atomic E-state index is 0.105. The van der Waals surface area contributed by atoms with Crippen molar-refractivity contribution in [2.24, 2.45) is 10.2 Å². The van der Waals surface area contributed by atoms with Crippen LogP contribution in [0.5, 0.6) is 5.75 Å². The predicted molar refractivity (Wildman–Crippen MR) is 64.6 cm³/mol. The lowest BCUT2D eigenvalue weighted by Crippen LogP contribution is -2.07. The van der Waals surface area contributed by atoms with Gasteiger partial charge in [0.2, 0.25) is 5.70 Å². The number of aromatic hydroxyl groups is 1. The molecule has 0 heterocycles. The summed E-state index contributed by atoms with van der Waals surface area (Å²) in [6.07, 6.45) is 0. The summed E-state index contributed by atoms with van der Waals surface area (Å²) < 4.78 is 4.72. The highest BCUT2D eigenvalue weighted by Gasteiger charge is 2.13. The third-order valence-corrected chi connectivity index (χ3v) is 1.93. The van der Waals surface area contributed by atoms with Gasteiger partial charge in [-0.3, -0.25) is 0 Å². The molecule has 0 fully saturated rings. The average molecular weight is 250 g/mol. The van der Waals surface area contributed by atoms with Crippen LogP contribution in [0.25, 0.3) is 0 Å². The zero-order valence-electron chi connectivity index (χ0n) is 10.1. The molecule has 1 aromatic rings. The molecule has 0 radical (unpaired) electrons. The Labute approximate surface area is 104 Å². The molecule has 0 saturated carbocycles. The summed E-state index contributed by atoms with van der Waals surface area (Å²) in [7, 11) is 0. The highest BCUT2D eigenvalue weighted by Crippen LogP contribution is 2.18. The summed E-state index contributed by atoms with van der Waals surface area (Å²) in [6, 6.07) is 5.92. The van der Waals surface area contributed by atoms with Gasteiger partial charge in [0.05, 0.1) is 12.3 Å². The van der Waals surface area contributed by atoms with E-state index in [9.17, 15) is 9.90 Å². The van der Waals surface area contributed by atoms with Gasteiger partial charge in [0.25, 0.3) is 0 Å². The van der Waals surface area contributed by atoms with Crippen LogP contribution in [0.3, 0.4) is 0 Å². The van der Waals surface area contributed by atoms with E-state index in [2.05, 4.69) is 10.2 Å². The van der Waals surface area contributed by atoms with Gasteiger partial charge in [0.1, 0.15) is 11.5 Å². The molecule has 0 aromatic heterocycles. The van der Waals surface area contributed by atoms with Crippen molar-refractivity contribution in [2.45, 2.75) is 13.8 Å². The highest BCUT2D eigenvalue weighted by molar-refractivity contribution is 5.88. The fraction of sp³-hybridized carbons (Fsp3) is 0.250. The number of esters is 1. The standard InChI is InChI=1S/C12H14N2O4/c1-3-18-12(17)11(8(2)15)14-13-9-4-6-10(16)7-5-9/h4-7,15-16H,3H2,1-2H3/b11-8+,14-13?. The number of hydrogen-bond acceptors (Lipinski definition) is 6. The second kappa shape index (κ2) is 6.39. The summed E-state index contributed by atoms with van der Waals surface area (Å²) >= 11 is 0. The maximum absolute atomic E-state index is 11.4. The zero-order chi connectivity index (χ0) is 13.5. The van der Waals surface area contributed by atoms with E-state index in [1.54, 1.807) is 6.92 Å². The number of azo groups is 1. The molecule has 6 nitrogen and oxygen atoms in total. The summed E-state index contributed by atoms with van der Waals surface area (Å²) in [5, 5.41) is 25.8. The Balaban J connectivity index is 2.88. The molecule has 0 aliphatic carbocycles. The molecule has 1 rings (SSSR count). The Bertz CT molecular complexity index is 473. The minimum atomic E-state index is -0.736. The number of allylic oxidation sites excluding steroid dienone is 1. The summed E-state index contributed by atoms with van der Waals surface area (Å²) in [4.78, 5) is 11.4. The van der Waals surface area contributed by atoms with Crippen molar-refractivity contribution < 1.29 is 19.7 Å². The number of rotatable bonds is 4. The Kier molecular flexibility index (Phi) is 4.86. The Hall–Kier alpha value is -2.37. The molecule has 18 heavy (non-hydrogen) atoms. The van der Waals surface area contributed by atoms with Gasteiger partial charge < -0.3 is 14.9 Å². The average Bonchev–Trinajstić information content (AvgIpc) is 2.31. The molecule has 0 atom stereocenters. The smallest absolute Gasteiger partial charge is 0.362 e. The van der Waals surface area contributed by atoms with Crippen molar-refractivity contribution in [3.8, 4) is 5.75 Å². The third kappa shape index (κ3) is 3.89. The molecule has 6 heteroatoms. The van der Waals surface area contributed by atoms with Gasteiger partial charge in [-0.15, -0.1) is 5.11 Å². The maximum Gasteiger partial charge on any atom is 0.362 e. The van der Waals surface area contributed by atoms with Crippen LogP contribution in [0.1, 0.15) is 13.8 Å². The van der Waals surface area contributed by atoms with E-state index in [1.807, 2.05) is 0 Å². The molecule has 1 aromatic carbocycles. The lowest BCUT2D eigenvalue weighted by Gasteiger charge is -2.01. The molecular weight excluding hydrogens is 236 g/mol. The van der Waals surface area contributed by atoms with Gasteiger partial charge in [0, 0.05) is 0 Å². The molecule has 0 aliphatic heterocycles. The topological polar surface area (TPSA) is 91.5 Å². The van der Waals surface area contributed by atoms with E-state index in [0.717, 1.165) is 0 Å².